The second kappa shape index (κ2) is 6.33. The van der Waals surface area contributed by atoms with Gasteiger partial charge in [-0.2, -0.15) is 0 Å². The lowest BCUT2D eigenvalue weighted by Crippen LogP contribution is -2.33. The van der Waals surface area contributed by atoms with E-state index in [4.69, 9.17) is 4.74 Å². The number of benzene rings is 2. The van der Waals surface area contributed by atoms with Crippen molar-refractivity contribution in [1.82, 2.24) is 4.31 Å². The van der Waals surface area contributed by atoms with Gasteiger partial charge in [0, 0.05) is 12.6 Å². The van der Waals surface area contributed by atoms with Crippen LogP contribution in [0.4, 0.5) is 0 Å². The molecule has 1 aliphatic heterocycles. The summed E-state index contributed by atoms with van der Waals surface area (Å²) in [5, 5.41) is -1.47. The molecule has 130 valence electrons. The summed E-state index contributed by atoms with van der Waals surface area (Å²) in [7, 11) is -1.38. The van der Waals surface area contributed by atoms with E-state index < -0.39 is 32.9 Å². The van der Waals surface area contributed by atoms with E-state index in [9.17, 15) is 18.0 Å². The number of carbonyl (C=O) groups excluding carboxylic acids is 2. The van der Waals surface area contributed by atoms with Crippen LogP contribution in [0, 0.1) is 0 Å². The number of Topliss-reactive ketones (excluding diaryl/α,β-unsaturated/α-hetero) is 1. The standard InChI is InChI=1S/C18H17NO5S/c1-19-18(21)15(12-8-10-14(24-2)11-9-12)17(25(19,22)23)16(20)13-6-4-3-5-7-13/h3-11,15,17H,1-2H3/t15-,17+/m0/s1. The van der Waals surface area contributed by atoms with Gasteiger partial charge >= 0.3 is 0 Å². The molecule has 0 aromatic heterocycles. The number of likely N-dealkylation sites (N-methyl/N-ethyl adjacent to an activating group) is 1. The number of hydrogen-bond acceptors (Lipinski definition) is 5. The number of ketones is 1. The monoisotopic (exact) mass is 359 g/mol. The van der Waals surface area contributed by atoms with Crippen molar-refractivity contribution < 1.29 is 22.7 Å². The molecule has 2 aromatic rings. The van der Waals surface area contributed by atoms with E-state index in [1.807, 2.05) is 0 Å². The molecule has 1 heterocycles. The molecular formula is C18H17NO5S. The van der Waals surface area contributed by atoms with Crippen LogP contribution in [0.2, 0.25) is 0 Å². The Morgan fingerprint density at radius 1 is 1.04 bits per heavy atom. The third-order valence-electron chi connectivity index (χ3n) is 4.37. The van der Waals surface area contributed by atoms with Crippen molar-refractivity contribution in [3.05, 3.63) is 65.7 Å². The fourth-order valence-electron chi connectivity index (χ4n) is 2.98. The Hall–Kier alpha value is -2.67. The number of rotatable bonds is 4. The minimum absolute atomic E-state index is 0.262. The Kier molecular flexibility index (Phi) is 4.34. The second-order valence-electron chi connectivity index (χ2n) is 5.75. The first-order chi connectivity index (χ1) is 11.9. The summed E-state index contributed by atoms with van der Waals surface area (Å²) in [6.07, 6.45) is 0. The third kappa shape index (κ3) is 2.80. The molecule has 25 heavy (non-hydrogen) atoms. The van der Waals surface area contributed by atoms with Crippen LogP contribution in [-0.4, -0.2) is 43.8 Å². The zero-order valence-corrected chi connectivity index (χ0v) is 14.6. The van der Waals surface area contributed by atoms with Gasteiger partial charge in [-0.1, -0.05) is 42.5 Å². The van der Waals surface area contributed by atoms with Gasteiger partial charge in [-0.25, -0.2) is 12.7 Å². The lowest BCUT2D eigenvalue weighted by atomic mass is 9.90. The molecule has 2 aromatic carbocycles. The van der Waals surface area contributed by atoms with E-state index >= 15 is 0 Å². The molecule has 2 atom stereocenters. The minimum atomic E-state index is -4.07. The van der Waals surface area contributed by atoms with Crippen molar-refractivity contribution in [2.24, 2.45) is 0 Å². The van der Waals surface area contributed by atoms with Crippen molar-refractivity contribution in [2.45, 2.75) is 11.2 Å². The van der Waals surface area contributed by atoms with Crippen LogP contribution in [0.15, 0.2) is 54.6 Å². The SMILES string of the molecule is COc1ccc([C@@H]2C(=O)N(C)S(=O)(=O)[C@H]2C(=O)c2ccccc2)cc1. The Morgan fingerprint density at radius 3 is 2.20 bits per heavy atom. The molecule has 6 nitrogen and oxygen atoms in total. The quantitative estimate of drug-likeness (QED) is 0.778. The van der Waals surface area contributed by atoms with Crippen molar-refractivity contribution in [1.29, 1.82) is 0 Å². The number of sulfonamides is 1. The summed E-state index contributed by atoms with van der Waals surface area (Å²) in [4.78, 5) is 25.5. The Balaban J connectivity index is 2.10. The van der Waals surface area contributed by atoms with Crippen molar-refractivity contribution in [3.63, 3.8) is 0 Å². The molecule has 0 spiro atoms. The van der Waals surface area contributed by atoms with Gasteiger partial charge < -0.3 is 4.74 Å². The molecule has 0 unspecified atom stereocenters. The highest BCUT2D eigenvalue weighted by atomic mass is 32.2. The lowest BCUT2D eigenvalue weighted by molar-refractivity contribution is -0.125. The largest absolute Gasteiger partial charge is 0.497 e. The molecule has 0 bridgehead atoms. The highest BCUT2D eigenvalue weighted by molar-refractivity contribution is 7.91. The van der Waals surface area contributed by atoms with Gasteiger partial charge in [-0.3, -0.25) is 9.59 Å². The molecule has 0 N–H and O–H groups in total. The summed E-state index contributed by atoms with van der Waals surface area (Å²) in [6, 6.07) is 14.6. The number of methoxy groups -OCH3 is 1. The van der Waals surface area contributed by atoms with E-state index in [-0.39, 0.29) is 5.56 Å². The molecular weight excluding hydrogens is 342 g/mol. The first-order valence-electron chi connectivity index (χ1n) is 7.62. The average Bonchev–Trinajstić information content (AvgIpc) is 2.82. The first-order valence-corrected chi connectivity index (χ1v) is 9.13. The van der Waals surface area contributed by atoms with Crippen molar-refractivity contribution >= 4 is 21.7 Å². The Bertz CT molecular complexity index is 906. The van der Waals surface area contributed by atoms with Gasteiger partial charge in [0.25, 0.3) is 0 Å². The summed E-state index contributed by atoms with van der Waals surface area (Å²) in [5.74, 6) is -1.69. The van der Waals surface area contributed by atoms with E-state index in [1.54, 1.807) is 54.6 Å². The molecule has 0 aliphatic carbocycles. The maximum absolute atomic E-state index is 12.9. The summed E-state index contributed by atoms with van der Waals surface area (Å²) in [6.45, 7) is 0. The zero-order valence-electron chi connectivity index (χ0n) is 13.7. The summed E-state index contributed by atoms with van der Waals surface area (Å²) < 4.78 is 31.1. The summed E-state index contributed by atoms with van der Waals surface area (Å²) in [5.41, 5.74) is 0.727. The van der Waals surface area contributed by atoms with Gasteiger partial charge in [0.2, 0.25) is 15.9 Å². The van der Waals surface area contributed by atoms with Crippen LogP contribution in [-0.2, 0) is 14.8 Å². The Morgan fingerprint density at radius 2 is 1.64 bits per heavy atom. The topological polar surface area (TPSA) is 80.8 Å². The lowest BCUT2D eigenvalue weighted by Gasteiger charge is -2.15. The fraction of sp³-hybridized carbons (Fsp3) is 0.222. The fourth-order valence-corrected chi connectivity index (χ4v) is 4.70. The zero-order chi connectivity index (χ0) is 18.2. The van der Waals surface area contributed by atoms with Crippen molar-refractivity contribution in [3.8, 4) is 5.75 Å². The van der Waals surface area contributed by atoms with Crippen LogP contribution in [0.25, 0.3) is 0 Å². The molecule has 1 saturated heterocycles. The van der Waals surface area contributed by atoms with Crippen LogP contribution >= 0.6 is 0 Å². The van der Waals surface area contributed by atoms with Crippen LogP contribution in [0.1, 0.15) is 21.8 Å². The predicted octanol–water partition coefficient (Wildman–Crippen LogP) is 1.83. The van der Waals surface area contributed by atoms with E-state index in [0.29, 0.717) is 15.6 Å². The maximum atomic E-state index is 12.9. The normalized spacial score (nSPS) is 22.0. The number of nitrogens with zero attached hydrogens (tertiary/aromatic N) is 1. The molecule has 3 rings (SSSR count). The number of carbonyl (C=O) groups is 2. The van der Waals surface area contributed by atoms with Crippen LogP contribution in [0.5, 0.6) is 5.75 Å². The summed E-state index contributed by atoms with van der Waals surface area (Å²) >= 11 is 0. The highest BCUT2D eigenvalue weighted by Gasteiger charge is 2.55. The molecule has 1 amide bonds. The Labute approximate surface area is 146 Å². The maximum Gasteiger partial charge on any atom is 0.248 e. The molecule has 0 saturated carbocycles. The van der Waals surface area contributed by atoms with Gasteiger partial charge in [0.1, 0.15) is 5.75 Å². The predicted molar refractivity (Wildman–Crippen MR) is 92.0 cm³/mol. The smallest absolute Gasteiger partial charge is 0.248 e. The van der Waals surface area contributed by atoms with E-state index in [1.165, 1.54) is 14.2 Å². The number of hydrogen-bond donors (Lipinski definition) is 0. The van der Waals surface area contributed by atoms with Crippen LogP contribution in [0.3, 0.4) is 0 Å². The average molecular weight is 359 g/mol. The molecule has 1 aliphatic rings. The van der Waals surface area contributed by atoms with Gasteiger partial charge in [0.15, 0.2) is 11.0 Å². The third-order valence-corrected chi connectivity index (χ3v) is 6.44. The van der Waals surface area contributed by atoms with Gasteiger partial charge in [-0.15, -0.1) is 0 Å². The minimum Gasteiger partial charge on any atom is -0.497 e. The van der Waals surface area contributed by atoms with Gasteiger partial charge in [-0.05, 0) is 17.7 Å². The highest BCUT2D eigenvalue weighted by Crippen LogP contribution is 2.37. The van der Waals surface area contributed by atoms with Gasteiger partial charge in [0.05, 0.1) is 13.0 Å². The second-order valence-corrected chi connectivity index (χ2v) is 7.84. The molecule has 1 fully saturated rings. The number of ether oxygens (including phenoxy) is 1. The number of amides is 1. The van der Waals surface area contributed by atoms with E-state index in [0.717, 1.165) is 0 Å². The molecule has 7 heteroatoms. The van der Waals surface area contributed by atoms with Crippen LogP contribution < -0.4 is 4.74 Å². The first kappa shape index (κ1) is 17.2. The molecule has 0 radical (unpaired) electrons. The van der Waals surface area contributed by atoms with E-state index in [2.05, 4.69) is 0 Å². The van der Waals surface area contributed by atoms with Crippen molar-refractivity contribution in [2.75, 3.05) is 14.2 Å².